The summed E-state index contributed by atoms with van der Waals surface area (Å²) in [6.07, 6.45) is 2.64. The SMILES string of the molecule is COC(=O)c1c(C)cc(OCOCC[Si](C)(C)C)c(CC=C(C)C)c1OCOCC[Si](C)(C)C. The van der Waals surface area contributed by atoms with Crippen molar-refractivity contribution < 1.29 is 28.5 Å². The fourth-order valence-corrected chi connectivity index (χ4v) is 4.53. The van der Waals surface area contributed by atoms with Gasteiger partial charge in [0.25, 0.3) is 0 Å². The number of carbonyl (C=O) groups excluding carboxylic acids is 1. The van der Waals surface area contributed by atoms with E-state index < -0.39 is 22.1 Å². The Bertz CT molecular complexity index is 818. The summed E-state index contributed by atoms with van der Waals surface area (Å²) in [7, 11) is -0.995. The number of carbonyl (C=O) groups is 1. The Morgan fingerprint density at radius 3 is 1.91 bits per heavy atom. The summed E-state index contributed by atoms with van der Waals surface area (Å²) in [5.74, 6) is 0.660. The van der Waals surface area contributed by atoms with Crippen LogP contribution in [-0.2, 0) is 20.6 Å². The third-order valence-corrected chi connectivity index (χ3v) is 8.63. The summed E-state index contributed by atoms with van der Waals surface area (Å²) < 4.78 is 28.7. The zero-order valence-electron chi connectivity index (χ0n) is 23.1. The molecule has 0 aromatic heterocycles. The predicted octanol–water partition coefficient (Wildman–Crippen LogP) is 6.67. The molecule has 0 aliphatic rings. The summed E-state index contributed by atoms with van der Waals surface area (Å²) in [5.41, 5.74) is 3.08. The summed E-state index contributed by atoms with van der Waals surface area (Å²) in [6, 6.07) is 3.98. The number of allylic oxidation sites excluding steroid dienone is 2. The van der Waals surface area contributed by atoms with E-state index in [4.69, 9.17) is 23.7 Å². The van der Waals surface area contributed by atoms with Crippen LogP contribution < -0.4 is 9.47 Å². The minimum atomic E-state index is -1.20. The fraction of sp³-hybridized carbons (Fsp3) is 0.654. The van der Waals surface area contributed by atoms with Gasteiger partial charge in [0.1, 0.15) is 17.1 Å². The first kappa shape index (κ1) is 30.4. The van der Waals surface area contributed by atoms with Gasteiger partial charge in [0.05, 0.1) is 7.11 Å². The summed E-state index contributed by atoms with van der Waals surface area (Å²) in [6.45, 7) is 21.3. The van der Waals surface area contributed by atoms with Crippen LogP contribution >= 0.6 is 0 Å². The molecule has 6 nitrogen and oxygen atoms in total. The van der Waals surface area contributed by atoms with E-state index in [2.05, 4.69) is 45.4 Å². The van der Waals surface area contributed by atoms with E-state index in [1.807, 2.05) is 26.8 Å². The van der Waals surface area contributed by atoms with Gasteiger partial charge < -0.3 is 23.7 Å². The number of rotatable bonds is 15. The molecule has 0 atom stereocenters. The molecule has 0 amide bonds. The van der Waals surface area contributed by atoms with Crippen LogP contribution in [0.25, 0.3) is 0 Å². The number of ether oxygens (including phenoxy) is 5. The fourth-order valence-electron chi connectivity index (χ4n) is 3.02. The normalized spacial score (nSPS) is 11.8. The molecule has 0 spiro atoms. The van der Waals surface area contributed by atoms with E-state index in [9.17, 15) is 4.79 Å². The first-order valence-corrected chi connectivity index (χ1v) is 19.5. The van der Waals surface area contributed by atoms with Crippen LogP contribution in [0.4, 0.5) is 0 Å². The van der Waals surface area contributed by atoms with Crippen molar-refractivity contribution in [3.63, 3.8) is 0 Å². The molecule has 0 fully saturated rings. The van der Waals surface area contributed by atoms with Crippen LogP contribution in [0, 0.1) is 6.92 Å². The van der Waals surface area contributed by atoms with Gasteiger partial charge >= 0.3 is 5.97 Å². The molecular formula is C26H46O6Si2. The van der Waals surface area contributed by atoms with E-state index >= 15 is 0 Å². The molecule has 1 rings (SSSR count). The van der Waals surface area contributed by atoms with Crippen LogP contribution in [0.2, 0.25) is 51.4 Å². The molecule has 1 aromatic rings. The number of esters is 1. The average molecular weight is 511 g/mol. The lowest BCUT2D eigenvalue weighted by Crippen LogP contribution is -2.22. The third kappa shape index (κ3) is 11.7. The van der Waals surface area contributed by atoms with Gasteiger partial charge in [0.2, 0.25) is 0 Å². The largest absolute Gasteiger partial charge is 0.467 e. The van der Waals surface area contributed by atoms with Gasteiger partial charge in [-0.15, -0.1) is 0 Å². The van der Waals surface area contributed by atoms with Crippen molar-refractivity contribution in [2.24, 2.45) is 0 Å². The Morgan fingerprint density at radius 1 is 0.912 bits per heavy atom. The molecule has 0 saturated carbocycles. The molecule has 0 aliphatic carbocycles. The van der Waals surface area contributed by atoms with Crippen LogP contribution in [0.1, 0.15) is 35.3 Å². The minimum absolute atomic E-state index is 0.0614. The van der Waals surface area contributed by atoms with E-state index in [1.165, 1.54) is 7.11 Å². The molecule has 34 heavy (non-hydrogen) atoms. The van der Waals surface area contributed by atoms with Gasteiger partial charge in [-0.25, -0.2) is 4.79 Å². The molecule has 0 unspecified atom stereocenters. The van der Waals surface area contributed by atoms with E-state index in [0.717, 1.165) is 28.8 Å². The molecule has 0 aliphatic heterocycles. The molecular weight excluding hydrogens is 464 g/mol. The van der Waals surface area contributed by atoms with E-state index in [1.54, 1.807) is 0 Å². The van der Waals surface area contributed by atoms with Crippen molar-refractivity contribution in [2.75, 3.05) is 33.9 Å². The molecule has 0 saturated heterocycles. The molecule has 8 heteroatoms. The second-order valence-electron chi connectivity index (χ2n) is 11.3. The van der Waals surface area contributed by atoms with Crippen molar-refractivity contribution >= 4 is 22.1 Å². The Hall–Kier alpha value is -1.62. The minimum Gasteiger partial charge on any atom is -0.467 e. The van der Waals surface area contributed by atoms with E-state index in [-0.39, 0.29) is 13.6 Å². The number of benzene rings is 1. The van der Waals surface area contributed by atoms with Gasteiger partial charge in [0, 0.05) is 34.9 Å². The van der Waals surface area contributed by atoms with Gasteiger partial charge in [-0.1, -0.05) is 50.9 Å². The molecule has 0 bridgehead atoms. The first-order valence-electron chi connectivity index (χ1n) is 12.0. The van der Waals surface area contributed by atoms with Crippen molar-refractivity contribution in [3.8, 4) is 11.5 Å². The number of hydrogen-bond acceptors (Lipinski definition) is 6. The first-order chi connectivity index (χ1) is 15.7. The Balaban J connectivity index is 3.18. The van der Waals surface area contributed by atoms with Crippen molar-refractivity contribution in [1.29, 1.82) is 0 Å². The van der Waals surface area contributed by atoms with Crippen LogP contribution in [0.3, 0.4) is 0 Å². The zero-order chi connectivity index (χ0) is 25.9. The topological polar surface area (TPSA) is 63.2 Å². The van der Waals surface area contributed by atoms with E-state index in [0.29, 0.717) is 36.7 Å². The van der Waals surface area contributed by atoms with Gasteiger partial charge in [-0.3, -0.25) is 0 Å². The maximum Gasteiger partial charge on any atom is 0.341 e. The molecule has 0 N–H and O–H groups in total. The molecule has 194 valence electrons. The maximum absolute atomic E-state index is 12.7. The van der Waals surface area contributed by atoms with Gasteiger partial charge in [-0.05, 0) is 50.9 Å². The molecule has 0 radical (unpaired) electrons. The quantitative estimate of drug-likeness (QED) is 0.0863. The highest BCUT2D eigenvalue weighted by molar-refractivity contribution is 6.76. The Labute approximate surface area is 209 Å². The van der Waals surface area contributed by atoms with Gasteiger partial charge in [0.15, 0.2) is 13.6 Å². The lowest BCUT2D eigenvalue weighted by Gasteiger charge is -2.21. The van der Waals surface area contributed by atoms with Crippen LogP contribution in [0.15, 0.2) is 17.7 Å². The highest BCUT2D eigenvalue weighted by atomic mass is 28.3. The summed E-state index contributed by atoms with van der Waals surface area (Å²) in [5, 5.41) is 0. The standard InChI is InChI=1S/C26H46O6Si2/c1-20(2)11-12-22-23(31-18-29-13-15-33(5,6)7)17-21(3)24(26(27)28-4)25(22)32-19-30-14-16-34(8,9)10/h11,17H,12-16,18-19H2,1-10H3. The zero-order valence-corrected chi connectivity index (χ0v) is 25.1. The molecule has 0 heterocycles. The smallest absolute Gasteiger partial charge is 0.341 e. The van der Waals surface area contributed by atoms with Crippen molar-refractivity contribution in [1.82, 2.24) is 0 Å². The highest BCUT2D eigenvalue weighted by Crippen LogP contribution is 2.37. The van der Waals surface area contributed by atoms with Crippen LogP contribution in [-0.4, -0.2) is 56.0 Å². The van der Waals surface area contributed by atoms with Crippen LogP contribution in [0.5, 0.6) is 11.5 Å². The Kier molecular flexibility index (Phi) is 12.6. The second kappa shape index (κ2) is 14.1. The van der Waals surface area contributed by atoms with Gasteiger partial charge in [-0.2, -0.15) is 0 Å². The Morgan fingerprint density at radius 2 is 1.44 bits per heavy atom. The average Bonchev–Trinajstić information content (AvgIpc) is 2.70. The number of aryl methyl sites for hydroxylation is 1. The number of methoxy groups -OCH3 is 1. The third-order valence-electron chi connectivity index (χ3n) is 5.22. The predicted molar refractivity (Wildman–Crippen MR) is 145 cm³/mol. The van der Waals surface area contributed by atoms with Crippen molar-refractivity contribution in [2.45, 2.75) is 78.6 Å². The molecule has 1 aromatic carbocycles. The lowest BCUT2D eigenvalue weighted by molar-refractivity contribution is 0.0160. The van der Waals surface area contributed by atoms with Crippen molar-refractivity contribution in [3.05, 3.63) is 34.4 Å². The highest BCUT2D eigenvalue weighted by Gasteiger charge is 2.24. The lowest BCUT2D eigenvalue weighted by atomic mass is 9.99. The number of hydrogen-bond donors (Lipinski definition) is 0. The second-order valence-corrected chi connectivity index (χ2v) is 22.6. The summed E-state index contributed by atoms with van der Waals surface area (Å²) >= 11 is 0. The monoisotopic (exact) mass is 510 g/mol. The summed E-state index contributed by atoms with van der Waals surface area (Å²) in [4.78, 5) is 12.7. The maximum atomic E-state index is 12.7.